The molecule has 1 aromatic rings. The van der Waals surface area contributed by atoms with Crippen LogP contribution in [0.4, 0.5) is 22.0 Å². The van der Waals surface area contributed by atoms with Crippen molar-refractivity contribution in [2.45, 2.75) is 12.6 Å². The van der Waals surface area contributed by atoms with E-state index in [-0.39, 0.29) is 12.5 Å². The summed E-state index contributed by atoms with van der Waals surface area (Å²) in [5, 5.41) is 0. The molecular weight excluding hydrogens is 237 g/mol. The summed E-state index contributed by atoms with van der Waals surface area (Å²) < 4.78 is 61.1. The Balaban J connectivity index is 3.57. The Hall–Kier alpha value is -1.73. The van der Waals surface area contributed by atoms with E-state index in [1.165, 1.54) is 0 Å². The maximum Gasteiger partial charge on any atom is 0.421 e. The van der Waals surface area contributed by atoms with Gasteiger partial charge in [-0.05, 0) is 0 Å². The number of rotatable bonds is 2. The predicted molar refractivity (Wildman–Crippen MR) is 42.4 cm³/mol. The smallest absolute Gasteiger partial charge is 0.358 e. The number of H-pyrrole nitrogens is 1. The lowest BCUT2D eigenvalue weighted by molar-refractivity contribution is -0.138. The molecule has 16 heavy (non-hydrogen) atoms. The Morgan fingerprint density at radius 1 is 1.31 bits per heavy atom. The number of hydrogen-bond acceptors (Lipinski definition) is 2. The van der Waals surface area contributed by atoms with Crippen LogP contribution in [0.1, 0.15) is 28.0 Å². The molecule has 3 nitrogen and oxygen atoms in total. The van der Waals surface area contributed by atoms with Crippen LogP contribution >= 0.6 is 0 Å². The van der Waals surface area contributed by atoms with E-state index in [2.05, 4.69) is 0 Å². The number of nitrogens with one attached hydrogen (secondary N) is 1. The van der Waals surface area contributed by atoms with E-state index in [0.29, 0.717) is 0 Å². The second-order valence-electron chi connectivity index (χ2n) is 2.78. The van der Waals surface area contributed by atoms with Gasteiger partial charge in [0, 0.05) is 6.20 Å². The molecule has 0 bridgehead atoms. The summed E-state index contributed by atoms with van der Waals surface area (Å²) in [6, 6.07) is 0. The molecule has 0 amide bonds. The van der Waals surface area contributed by atoms with Crippen molar-refractivity contribution in [1.29, 1.82) is 0 Å². The van der Waals surface area contributed by atoms with Gasteiger partial charge in [-0.25, -0.2) is 8.78 Å². The third-order valence-electron chi connectivity index (χ3n) is 1.79. The van der Waals surface area contributed by atoms with Crippen molar-refractivity contribution < 1.29 is 26.7 Å². The molecule has 0 saturated carbocycles. The van der Waals surface area contributed by atoms with Crippen molar-refractivity contribution in [2.75, 3.05) is 0 Å². The third-order valence-corrected chi connectivity index (χ3v) is 1.79. The second kappa shape index (κ2) is 4.03. The Morgan fingerprint density at radius 3 is 2.25 bits per heavy atom. The number of aldehydes is 1. The van der Waals surface area contributed by atoms with Gasteiger partial charge in [-0.1, -0.05) is 0 Å². The van der Waals surface area contributed by atoms with E-state index in [0.717, 1.165) is 0 Å². The van der Waals surface area contributed by atoms with Gasteiger partial charge in [0.2, 0.25) is 5.43 Å². The molecule has 1 aromatic heterocycles. The monoisotopic (exact) mass is 241 g/mol. The molecule has 1 heterocycles. The van der Waals surface area contributed by atoms with Crippen molar-refractivity contribution in [2.24, 2.45) is 0 Å². The SMILES string of the molecule is O=Cc1[nH]cc(C(F)(F)F)c(=O)c1C(F)F. The maximum absolute atomic E-state index is 12.3. The lowest BCUT2D eigenvalue weighted by Gasteiger charge is -2.08. The fraction of sp³-hybridized carbons (Fsp3) is 0.250. The number of aromatic amines is 1. The summed E-state index contributed by atoms with van der Waals surface area (Å²) in [6.45, 7) is 0. The summed E-state index contributed by atoms with van der Waals surface area (Å²) in [7, 11) is 0. The largest absolute Gasteiger partial charge is 0.421 e. The maximum atomic E-state index is 12.3. The summed E-state index contributed by atoms with van der Waals surface area (Å²) in [6.07, 6.45) is -8.44. The fourth-order valence-corrected chi connectivity index (χ4v) is 1.09. The molecule has 1 N–H and O–H groups in total. The molecule has 0 radical (unpaired) electrons. The molecule has 0 spiro atoms. The topological polar surface area (TPSA) is 49.9 Å². The highest BCUT2D eigenvalue weighted by molar-refractivity contribution is 5.74. The van der Waals surface area contributed by atoms with Crippen molar-refractivity contribution >= 4 is 6.29 Å². The van der Waals surface area contributed by atoms with Crippen molar-refractivity contribution in [3.05, 3.63) is 33.2 Å². The van der Waals surface area contributed by atoms with Crippen LogP contribution in [0.3, 0.4) is 0 Å². The third kappa shape index (κ3) is 2.10. The van der Waals surface area contributed by atoms with Crippen molar-refractivity contribution in [1.82, 2.24) is 4.98 Å². The van der Waals surface area contributed by atoms with Gasteiger partial charge >= 0.3 is 6.18 Å². The highest BCUT2D eigenvalue weighted by Gasteiger charge is 2.36. The number of hydrogen-bond donors (Lipinski definition) is 1. The van der Waals surface area contributed by atoms with E-state index in [1.807, 2.05) is 0 Å². The molecule has 0 saturated heterocycles. The van der Waals surface area contributed by atoms with Crippen LogP contribution in [-0.4, -0.2) is 11.3 Å². The standard InChI is InChI=1S/C8H4F5NO2/c9-7(10)5-4(2-15)14-1-3(6(5)16)8(11,12)13/h1-2,7H,(H,14,16). The van der Waals surface area contributed by atoms with Crippen LogP contribution in [0.2, 0.25) is 0 Å². The predicted octanol–water partition coefficient (Wildman–Crippen LogP) is 2.14. The number of halogens is 5. The van der Waals surface area contributed by atoms with E-state index in [4.69, 9.17) is 0 Å². The summed E-state index contributed by atoms with van der Waals surface area (Å²) in [5.41, 5.74) is -5.96. The summed E-state index contributed by atoms with van der Waals surface area (Å²) in [4.78, 5) is 23.0. The Morgan fingerprint density at radius 2 is 1.88 bits per heavy atom. The minimum absolute atomic E-state index is 0.136. The number of pyridine rings is 1. The molecule has 0 aliphatic rings. The minimum Gasteiger partial charge on any atom is -0.358 e. The molecule has 0 aliphatic carbocycles. The quantitative estimate of drug-likeness (QED) is 0.637. The van der Waals surface area contributed by atoms with E-state index < -0.39 is 34.9 Å². The highest BCUT2D eigenvalue weighted by atomic mass is 19.4. The zero-order valence-corrected chi connectivity index (χ0v) is 7.44. The van der Waals surface area contributed by atoms with Crippen LogP contribution in [0.25, 0.3) is 0 Å². The Bertz CT molecular complexity index is 462. The molecule has 0 unspecified atom stereocenters. The van der Waals surface area contributed by atoms with Gasteiger partial charge in [-0.2, -0.15) is 13.2 Å². The normalized spacial score (nSPS) is 11.9. The molecule has 0 aromatic carbocycles. The lowest BCUT2D eigenvalue weighted by atomic mass is 10.1. The van der Waals surface area contributed by atoms with Gasteiger partial charge in [0.25, 0.3) is 6.43 Å². The first-order chi connectivity index (χ1) is 7.29. The molecule has 88 valence electrons. The molecular formula is C8H4F5NO2. The zero-order valence-electron chi connectivity index (χ0n) is 7.44. The van der Waals surface area contributed by atoms with Gasteiger partial charge in [0.05, 0.1) is 11.3 Å². The first kappa shape index (κ1) is 12.3. The molecule has 0 atom stereocenters. The van der Waals surface area contributed by atoms with Crippen LogP contribution in [0.5, 0.6) is 0 Å². The van der Waals surface area contributed by atoms with E-state index >= 15 is 0 Å². The first-order valence-corrected chi connectivity index (χ1v) is 3.85. The first-order valence-electron chi connectivity index (χ1n) is 3.85. The van der Waals surface area contributed by atoms with Crippen molar-refractivity contribution in [3.63, 3.8) is 0 Å². The van der Waals surface area contributed by atoms with E-state index in [1.54, 1.807) is 4.98 Å². The number of carbonyl (C=O) groups is 1. The van der Waals surface area contributed by atoms with Crippen molar-refractivity contribution in [3.8, 4) is 0 Å². The van der Waals surface area contributed by atoms with Gasteiger partial charge in [-0.15, -0.1) is 0 Å². The molecule has 0 aliphatic heterocycles. The molecule has 1 rings (SSSR count). The fourth-order valence-electron chi connectivity index (χ4n) is 1.09. The zero-order chi connectivity index (χ0) is 12.5. The summed E-state index contributed by atoms with van der Waals surface area (Å²) in [5.74, 6) is 0. The Labute approximate surface area is 84.9 Å². The molecule has 0 fully saturated rings. The number of alkyl halides is 5. The minimum atomic E-state index is -5.04. The van der Waals surface area contributed by atoms with Gasteiger partial charge in [-0.3, -0.25) is 9.59 Å². The number of carbonyl (C=O) groups excluding carboxylic acids is 1. The van der Waals surface area contributed by atoms with Crippen LogP contribution in [-0.2, 0) is 6.18 Å². The summed E-state index contributed by atoms with van der Waals surface area (Å²) >= 11 is 0. The van der Waals surface area contributed by atoms with Crippen LogP contribution < -0.4 is 5.43 Å². The Kier molecular flexibility index (Phi) is 3.11. The van der Waals surface area contributed by atoms with Gasteiger partial charge in [0.1, 0.15) is 5.56 Å². The average molecular weight is 241 g/mol. The van der Waals surface area contributed by atoms with Gasteiger partial charge < -0.3 is 4.98 Å². The van der Waals surface area contributed by atoms with Gasteiger partial charge in [0.15, 0.2) is 6.29 Å². The average Bonchev–Trinajstić information content (AvgIpc) is 2.14. The van der Waals surface area contributed by atoms with E-state index in [9.17, 15) is 31.5 Å². The van der Waals surface area contributed by atoms with Crippen LogP contribution in [0, 0.1) is 0 Å². The number of aromatic nitrogens is 1. The second-order valence-corrected chi connectivity index (χ2v) is 2.78. The highest BCUT2D eigenvalue weighted by Crippen LogP contribution is 2.28. The lowest BCUT2D eigenvalue weighted by Crippen LogP contribution is -2.25. The molecule has 8 heteroatoms. The van der Waals surface area contributed by atoms with Crippen LogP contribution in [0.15, 0.2) is 11.0 Å².